The second kappa shape index (κ2) is 9.64. The van der Waals surface area contributed by atoms with E-state index in [1.807, 2.05) is 49.6 Å². The van der Waals surface area contributed by atoms with Crippen LogP contribution in [-0.4, -0.2) is 44.9 Å². The van der Waals surface area contributed by atoms with E-state index in [4.69, 9.17) is 4.74 Å². The van der Waals surface area contributed by atoms with Crippen molar-refractivity contribution in [1.82, 2.24) is 19.9 Å². The van der Waals surface area contributed by atoms with Crippen LogP contribution in [0.25, 0.3) is 0 Å². The Morgan fingerprint density at radius 3 is 2.45 bits per heavy atom. The molecule has 1 aliphatic rings. The molecule has 160 valence electrons. The topological polar surface area (TPSA) is 81.1 Å². The third-order valence-corrected chi connectivity index (χ3v) is 5.67. The summed E-state index contributed by atoms with van der Waals surface area (Å²) in [6.07, 6.45) is 8.24. The molecule has 0 amide bonds. The summed E-state index contributed by atoms with van der Waals surface area (Å²) in [5.74, 6) is 1.37. The molecule has 0 aliphatic carbocycles. The van der Waals surface area contributed by atoms with Crippen LogP contribution in [0.5, 0.6) is 5.88 Å². The zero-order valence-electron chi connectivity index (χ0n) is 18.0. The Morgan fingerprint density at radius 1 is 1.06 bits per heavy atom. The Hall–Kier alpha value is -3.35. The lowest BCUT2D eigenvalue weighted by Crippen LogP contribution is -2.39. The molecule has 0 bridgehead atoms. The van der Waals surface area contributed by atoms with Crippen LogP contribution in [0.1, 0.15) is 46.9 Å². The van der Waals surface area contributed by atoms with Crippen LogP contribution in [0.15, 0.2) is 49.1 Å². The van der Waals surface area contributed by atoms with Crippen molar-refractivity contribution >= 4 is 11.7 Å². The number of benzene rings is 1. The van der Waals surface area contributed by atoms with Crippen molar-refractivity contribution in [1.29, 1.82) is 0 Å². The summed E-state index contributed by atoms with van der Waals surface area (Å²) >= 11 is 0. The molecule has 0 radical (unpaired) electrons. The highest BCUT2D eigenvalue weighted by molar-refractivity contribution is 5.97. The lowest BCUT2D eigenvalue weighted by molar-refractivity contribution is 0.0991. The van der Waals surface area contributed by atoms with Crippen molar-refractivity contribution in [3.05, 3.63) is 71.4 Å². The number of Topliss-reactive ketones (excluding diaryl/α,β-unsaturated/α-hetero) is 1. The van der Waals surface area contributed by atoms with Gasteiger partial charge in [-0.05, 0) is 18.9 Å². The normalized spacial score (nSPS) is 14.5. The molecule has 0 saturated carbocycles. The molecule has 2 aromatic heterocycles. The molecule has 4 rings (SSSR count). The fraction of sp³-hybridized carbons (Fsp3) is 0.375. The summed E-state index contributed by atoms with van der Waals surface area (Å²) in [4.78, 5) is 32.4. The maximum atomic E-state index is 12.6. The smallest absolute Gasteiger partial charge is 0.225 e. The summed E-state index contributed by atoms with van der Waals surface area (Å²) in [5, 5.41) is 0. The maximum absolute atomic E-state index is 12.6. The van der Waals surface area contributed by atoms with Gasteiger partial charge < -0.3 is 9.64 Å². The molecule has 7 heteroatoms. The zero-order chi connectivity index (χ0) is 21.6. The Kier molecular flexibility index (Phi) is 6.50. The number of hydrogen-bond donors (Lipinski definition) is 0. The molecule has 0 N–H and O–H groups in total. The van der Waals surface area contributed by atoms with E-state index in [0.717, 1.165) is 49.4 Å². The van der Waals surface area contributed by atoms with Crippen LogP contribution in [0.4, 0.5) is 5.95 Å². The van der Waals surface area contributed by atoms with E-state index in [-0.39, 0.29) is 18.3 Å². The monoisotopic (exact) mass is 417 g/mol. The van der Waals surface area contributed by atoms with Gasteiger partial charge in [-0.1, -0.05) is 37.3 Å². The molecule has 1 saturated heterocycles. The number of carbonyl (C=O) groups is 1. The van der Waals surface area contributed by atoms with E-state index in [0.29, 0.717) is 17.1 Å². The minimum absolute atomic E-state index is 0.0377. The number of carbonyl (C=O) groups excluding carboxylic acids is 1. The number of piperidine rings is 1. The highest BCUT2D eigenvalue weighted by Crippen LogP contribution is 2.24. The third kappa shape index (κ3) is 5.05. The average molecular weight is 418 g/mol. The standard InChI is InChI=1S/C24H27N5O2/c1-3-18-14-25-24(26-15-18)29-11-9-20(10-12-29)31-23-17(2)21(27-16-28-23)13-22(30)19-7-5-4-6-8-19/h4-8,14-16,20H,3,9-13H2,1-2H3. The lowest BCUT2D eigenvalue weighted by Gasteiger charge is -2.32. The highest BCUT2D eigenvalue weighted by atomic mass is 16.5. The van der Waals surface area contributed by atoms with Crippen LogP contribution >= 0.6 is 0 Å². The van der Waals surface area contributed by atoms with Crippen molar-refractivity contribution in [2.75, 3.05) is 18.0 Å². The van der Waals surface area contributed by atoms with Crippen LogP contribution in [-0.2, 0) is 12.8 Å². The van der Waals surface area contributed by atoms with Crippen molar-refractivity contribution in [2.24, 2.45) is 0 Å². The molecule has 3 aromatic rings. The van der Waals surface area contributed by atoms with Crippen molar-refractivity contribution in [3.8, 4) is 5.88 Å². The minimum atomic E-state index is 0.0377. The van der Waals surface area contributed by atoms with Gasteiger partial charge >= 0.3 is 0 Å². The quantitative estimate of drug-likeness (QED) is 0.543. The predicted molar refractivity (Wildman–Crippen MR) is 119 cm³/mol. The highest BCUT2D eigenvalue weighted by Gasteiger charge is 2.24. The van der Waals surface area contributed by atoms with E-state index >= 15 is 0 Å². The fourth-order valence-corrected chi connectivity index (χ4v) is 3.67. The number of ketones is 1. The van der Waals surface area contributed by atoms with Gasteiger partial charge in [-0.2, -0.15) is 0 Å². The van der Waals surface area contributed by atoms with E-state index in [1.54, 1.807) is 0 Å². The summed E-state index contributed by atoms with van der Waals surface area (Å²) in [5.41, 5.74) is 3.36. The third-order valence-electron chi connectivity index (χ3n) is 5.67. The van der Waals surface area contributed by atoms with Gasteiger partial charge in [0.15, 0.2) is 5.78 Å². The summed E-state index contributed by atoms with van der Waals surface area (Å²) in [6.45, 7) is 5.68. The van der Waals surface area contributed by atoms with Gasteiger partial charge in [0.05, 0.1) is 12.1 Å². The summed E-state index contributed by atoms with van der Waals surface area (Å²) in [6, 6.07) is 9.28. The first-order valence-electron chi connectivity index (χ1n) is 10.7. The van der Waals surface area contributed by atoms with Crippen molar-refractivity contribution in [2.45, 2.75) is 45.6 Å². The minimum Gasteiger partial charge on any atom is -0.474 e. The number of aromatic nitrogens is 4. The Balaban J connectivity index is 1.36. The maximum Gasteiger partial charge on any atom is 0.225 e. The molecule has 3 heterocycles. The van der Waals surface area contributed by atoms with Crippen molar-refractivity contribution < 1.29 is 9.53 Å². The van der Waals surface area contributed by atoms with E-state index < -0.39 is 0 Å². The number of ether oxygens (including phenoxy) is 1. The second-order valence-electron chi connectivity index (χ2n) is 7.77. The second-order valence-corrected chi connectivity index (χ2v) is 7.77. The molecule has 0 spiro atoms. The number of rotatable bonds is 7. The molecule has 1 aliphatic heterocycles. The van der Waals surface area contributed by atoms with Gasteiger partial charge in [0, 0.05) is 49.5 Å². The molecule has 31 heavy (non-hydrogen) atoms. The number of aryl methyl sites for hydroxylation is 1. The Morgan fingerprint density at radius 2 is 1.77 bits per heavy atom. The summed E-state index contributed by atoms with van der Waals surface area (Å²) in [7, 11) is 0. The molecule has 0 unspecified atom stereocenters. The molecular formula is C24H27N5O2. The number of anilines is 1. The van der Waals surface area contributed by atoms with E-state index in [1.165, 1.54) is 6.33 Å². The lowest BCUT2D eigenvalue weighted by atomic mass is 10.0. The molecule has 0 atom stereocenters. The van der Waals surface area contributed by atoms with Gasteiger partial charge in [0.1, 0.15) is 12.4 Å². The van der Waals surface area contributed by atoms with Crippen LogP contribution in [0.3, 0.4) is 0 Å². The number of hydrogen-bond acceptors (Lipinski definition) is 7. The Bertz CT molecular complexity index is 1020. The summed E-state index contributed by atoms with van der Waals surface area (Å²) < 4.78 is 6.20. The molecular weight excluding hydrogens is 390 g/mol. The Labute approximate surface area is 182 Å². The van der Waals surface area contributed by atoms with Gasteiger partial charge in [0.25, 0.3) is 0 Å². The zero-order valence-corrected chi connectivity index (χ0v) is 18.0. The SMILES string of the molecule is CCc1cnc(N2CCC(Oc3ncnc(CC(=O)c4ccccc4)c3C)CC2)nc1. The van der Waals surface area contributed by atoms with Gasteiger partial charge in [0.2, 0.25) is 11.8 Å². The van der Waals surface area contributed by atoms with Gasteiger partial charge in [-0.3, -0.25) is 4.79 Å². The van der Waals surface area contributed by atoms with Gasteiger partial charge in [-0.15, -0.1) is 0 Å². The van der Waals surface area contributed by atoms with Crippen LogP contribution in [0.2, 0.25) is 0 Å². The molecule has 1 aromatic carbocycles. The predicted octanol–water partition coefficient (Wildman–Crippen LogP) is 3.61. The largest absolute Gasteiger partial charge is 0.474 e. The van der Waals surface area contributed by atoms with E-state index in [9.17, 15) is 4.79 Å². The first-order valence-corrected chi connectivity index (χ1v) is 10.7. The number of nitrogens with zero attached hydrogens (tertiary/aromatic N) is 5. The fourth-order valence-electron chi connectivity index (χ4n) is 3.67. The first kappa shape index (κ1) is 20.9. The molecule has 1 fully saturated rings. The first-order chi connectivity index (χ1) is 15.1. The van der Waals surface area contributed by atoms with Crippen LogP contribution < -0.4 is 9.64 Å². The van der Waals surface area contributed by atoms with E-state index in [2.05, 4.69) is 31.8 Å². The van der Waals surface area contributed by atoms with Crippen LogP contribution in [0, 0.1) is 6.92 Å². The van der Waals surface area contributed by atoms with Gasteiger partial charge in [-0.25, -0.2) is 19.9 Å². The average Bonchev–Trinajstić information content (AvgIpc) is 2.83. The molecule has 7 nitrogen and oxygen atoms in total. The van der Waals surface area contributed by atoms with Crippen molar-refractivity contribution in [3.63, 3.8) is 0 Å².